The fourth-order valence-corrected chi connectivity index (χ4v) is 4.93. The van der Waals surface area contributed by atoms with Crippen LogP contribution in [-0.2, 0) is 15.3 Å². The molecule has 2 amide bonds. The molecule has 4 rings (SSSR count). The fraction of sp³-hybridized carbons (Fsp3) is 0.273. The smallest absolute Gasteiger partial charge is 0.236 e. The number of aryl methyl sites for hydroxylation is 1. The van der Waals surface area contributed by atoms with Gasteiger partial charge in [-0.1, -0.05) is 59.4 Å². The summed E-state index contributed by atoms with van der Waals surface area (Å²) in [6, 6.07) is 18.0. The number of hydrogen-bond donors (Lipinski definition) is 1. The molecule has 1 saturated heterocycles. The first-order valence-corrected chi connectivity index (χ1v) is 11.7. The highest BCUT2D eigenvalue weighted by molar-refractivity contribution is 7.99. The number of carbonyl (C=O) groups is 2. The van der Waals surface area contributed by atoms with Crippen molar-refractivity contribution >= 4 is 45.7 Å². The molecule has 1 unspecified atom stereocenters. The van der Waals surface area contributed by atoms with Crippen LogP contribution < -0.4 is 10.2 Å². The van der Waals surface area contributed by atoms with Gasteiger partial charge in [0.05, 0.1) is 5.75 Å². The summed E-state index contributed by atoms with van der Waals surface area (Å²) in [5.41, 5.74) is 3.26. The van der Waals surface area contributed by atoms with E-state index in [0.29, 0.717) is 23.8 Å². The highest BCUT2D eigenvalue weighted by Crippen LogP contribution is 2.34. The molecule has 0 aliphatic carbocycles. The molecule has 30 heavy (non-hydrogen) atoms. The molecule has 1 atom stereocenters. The summed E-state index contributed by atoms with van der Waals surface area (Å²) in [6.45, 7) is 2.60. The Hall–Kier alpha value is -2.71. The summed E-state index contributed by atoms with van der Waals surface area (Å²) < 4.78 is 0. The molecule has 0 saturated carbocycles. The van der Waals surface area contributed by atoms with Crippen molar-refractivity contribution in [3.05, 3.63) is 70.7 Å². The van der Waals surface area contributed by atoms with Gasteiger partial charge in [-0.05, 0) is 24.6 Å². The Kier molecular flexibility index (Phi) is 6.44. The van der Waals surface area contributed by atoms with E-state index in [0.717, 1.165) is 22.0 Å². The average molecular weight is 439 g/mol. The monoisotopic (exact) mass is 438 g/mol. The number of benzene rings is 2. The summed E-state index contributed by atoms with van der Waals surface area (Å²) in [4.78, 5) is 26.5. The van der Waals surface area contributed by atoms with Crippen molar-refractivity contribution in [2.75, 3.05) is 22.5 Å². The normalized spacial score (nSPS) is 16.1. The largest absolute Gasteiger partial charge is 0.312 e. The average Bonchev–Trinajstić information content (AvgIpc) is 3.36. The number of thioether (sulfide) groups is 1. The van der Waals surface area contributed by atoms with Crippen molar-refractivity contribution in [1.29, 1.82) is 0 Å². The van der Waals surface area contributed by atoms with Crippen molar-refractivity contribution in [1.82, 2.24) is 10.2 Å². The van der Waals surface area contributed by atoms with Crippen molar-refractivity contribution in [3.8, 4) is 0 Å². The zero-order valence-electron chi connectivity index (χ0n) is 16.6. The van der Waals surface area contributed by atoms with Crippen molar-refractivity contribution in [2.45, 2.75) is 25.0 Å². The van der Waals surface area contributed by atoms with Crippen LogP contribution in [0.1, 0.15) is 28.5 Å². The third-order valence-electron chi connectivity index (χ3n) is 4.85. The minimum Gasteiger partial charge on any atom is -0.312 e. The van der Waals surface area contributed by atoms with Gasteiger partial charge in [0.1, 0.15) is 5.01 Å². The molecule has 8 heteroatoms. The summed E-state index contributed by atoms with van der Waals surface area (Å²) >= 11 is 2.91. The lowest BCUT2D eigenvalue weighted by atomic mass is 10.1. The Morgan fingerprint density at radius 3 is 2.70 bits per heavy atom. The molecule has 2 aromatic carbocycles. The van der Waals surface area contributed by atoms with Crippen LogP contribution in [0.25, 0.3) is 0 Å². The number of carbonyl (C=O) groups excluding carboxylic acids is 2. The second-order valence-electron chi connectivity index (χ2n) is 7.21. The van der Waals surface area contributed by atoms with E-state index in [1.165, 1.54) is 16.9 Å². The van der Waals surface area contributed by atoms with Gasteiger partial charge in [-0.25, -0.2) is 0 Å². The molecule has 3 aromatic rings. The maximum atomic E-state index is 12.5. The number of rotatable bonds is 7. The molecule has 154 valence electrons. The van der Waals surface area contributed by atoms with Crippen LogP contribution in [-0.4, -0.2) is 34.3 Å². The van der Waals surface area contributed by atoms with Crippen molar-refractivity contribution < 1.29 is 9.59 Å². The molecule has 2 heterocycles. The molecular weight excluding hydrogens is 416 g/mol. The molecule has 6 nitrogen and oxygen atoms in total. The van der Waals surface area contributed by atoms with Crippen molar-refractivity contribution in [2.24, 2.45) is 0 Å². The van der Waals surface area contributed by atoms with Crippen molar-refractivity contribution in [3.63, 3.8) is 0 Å². The lowest BCUT2D eigenvalue weighted by molar-refractivity contribution is -0.117. The van der Waals surface area contributed by atoms with Gasteiger partial charge in [0.15, 0.2) is 0 Å². The first kappa shape index (κ1) is 20.6. The maximum absolute atomic E-state index is 12.5. The molecule has 0 radical (unpaired) electrons. The van der Waals surface area contributed by atoms with Gasteiger partial charge in [-0.3, -0.25) is 14.9 Å². The van der Waals surface area contributed by atoms with E-state index >= 15 is 0 Å². The molecule has 1 N–H and O–H groups in total. The number of amides is 2. The quantitative estimate of drug-likeness (QED) is 0.597. The van der Waals surface area contributed by atoms with Gasteiger partial charge in [0.25, 0.3) is 0 Å². The number of anilines is 2. The zero-order chi connectivity index (χ0) is 20.9. The molecule has 1 aromatic heterocycles. The molecule has 1 aliphatic heterocycles. The zero-order valence-corrected chi connectivity index (χ0v) is 18.2. The standard InChI is InChI=1S/C22H22N4O2S2/c1-15-7-9-18(10-8-15)26-12-17(11-20(26)28)21-24-25-22(30-21)23-19(27)14-29-13-16-5-3-2-4-6-16/h2-10,17H,11-14H2,1H3,(H,23,25,27). The number of nitrogens with one attached hydrogen (secondary N) is 1. The van der Waals surface area contributed by atoms with Gasteiger partial charge in [-0.15, -0.1) is 22.0 Å². The van der Waals surface area contributed by atoms with Gasteiger partial charge < -0.3 is 4.90 Å². The Balaban J connectivity index is 1.30. The van der Waals surface area contributed by atoms with Crippen LogP contribution in [0.3, 0.4) is 0 Å². The molecule has 0 bridgehead atoms. The Bertz CT molecular complexity index is 1020. The molecule has 1 fully saturated rings. The summed E-state index contributed by atoms with van der Waals surface area (Å²) in [5, 5.41) is 12.4. The van der Waals surface area contributed by atoms with E-state index in [4.69, 9.17) is 0 Å². The van der Waals surface area contributed by atoms with E-state index in [1.807, 2.05) is 61.5 Å². The number of nitrogens with zero attached hydrogens (tertiary/aromatic N) is 3. The van der Waals surface area contributed by atoms with Gasteiger partial charge in [0.2, 0.25) is 16.9 Å². The number of hydrogen-bond acceptors (Lipinski definition) is 6. The van der Waals surface area contributed by atoms with Crippen LogP contribution in [0, 0.1) is 6.92 Å². The third kappa shape index (κ3) is 5.06. The molecular formula is C22H22N4O2S2. The fourth-order valence-electron chi connectivity index (χ4n) is 3.29. The Morgan fingerprint density at radius 2 is 1.93 bits per heavy atom. The van der Waals surface area contributed by atoms with E-state index in [1.54, 1.807) is 16.7 Å². The summed E-state index contributed by atoms with van der Waals surface area (Å²) in [5.74, 6) is 1.13. The molecule has 0 spiro atoms. The van der Waals surface area contributed by atoms with Crippen LogP contribution in [0.2, 0.25) is 0 Å². The Labute approximate surface area is 183 Å². The second-order valence-corrected chi connectivity index (χ2v) is 9.21. The van der Waals surface area contributed by atoms with Crippen LogP contribution in [0.4, 0.5) is 10.8 Å². The summed E-state index contributed by atoms with van der Waals surface area (Å²) in [6.07, 6.45) is 0.406. The van der Waals surface area contributed by atoms with E-state index < -0.39 is 0 Å². The van der Waals surface area contributed by atoms with E-state index in [-0.39, 0.29) is 17.7 Å². The SMILES string of the molecule is Cc1ccc(N2CC(c3nnc(NC(=O)CSCc4ccccc4)s3)CC2=O)cc1. The van der Waals surface area contributed by atoms with Crippen LogP contribution in [0.5, 0.6) is 0 Å². The lowest BCUT2D eigenvalue weighted by Gasteiger charge is -2.16. The third-order valence-corrected chi connectivity index (χ3v) is 6.86. The van der Waals surface area contributed by atoms with Crippen LogP contribution >= 0.6 is 23.1 Å². The van der Waals surface area contributed by atoms with Gasteiger partial charge >= 0.3 is 0 Å². The topological polar surface area (TPSA) is 75.2 Å². The highest BCUT2D eigenvalue weighted by atomic mass is 32.2. The Morgan fingerprint density at radius 1 is 1.17 bits per heavy atom. The minimum absolute atomic E-state index is 0.00518. The molecule has 1 aliphatic rings. The first-order chi connectivity index (χ1) is 14.6. The van der Waals surface area contributed by atoms with E-state index in [9.17, 15) is 9.59 Å². The predicted octanol–water partition coefficient (Wildman–Crippen LogP) is 4.24. The van der Waals surface area contributed by atoms with Gasteiger partial charge in [-0.2, -0.15) is 0 Å². The van der Waals surface area contributed by atoms with Crippen LogP contribution in [0.15, 0.2) is 54.6 Å². The van der Waals surface area contributed by atoms with Gasteiger partial charge in [0, 0.05) is 30.3 Å². The minimum atomic E-state index is -0.0950. The first-order valence-electron chi connectivity index (χ1n) is 9.70. The van der Waals surface area contributed by atoms with E-state index in [2.05, 4.69) is 15.5 Å². The lowest BCUT2D eigenvalue weighted by Crippen LogP contribution is -2.24. The second kappa shape index (κ2) is 9.40. The highest BCUT2D eigenvalue weighted by Gasteiger charge is 2.33. The maximum Gasteiger partial charge on any atom is 0.236 e. The predicted molar refractivity (Wildman–Crippen MR) is 122 cm³/mol. The summed E-state index contributed by atoms with van der Waals surface area (Å²) in [7, 11) is 0. The number of aromatic nitrogens is 2.